The highest BCUT2D eigenvalue weighted by molar-refractivity contribution is 5.70. The highest BCUT2D eigenvalue weighted by atomic mass is 16.6. The predicted molar refractivity (Wildman–Crippen MR) is 269 cm³/mol. The maximum atomic E-state index is 12.2. The van der Waals surface area contributed by atoms with Gasteiger partial charge in [-0.2, -0.15) is 0 Å². The molecule has 0 amide bonds. The summed E-state index contributed by atoms with van der Waals surface area (Å²) in [6.07, 6.45) is 72.7. The van der Waals surface area contributed by atoms with Crippen molar-refractivity contribution in [1.82, 2.24) is 0 Å². The van der Waals surface area contributed by atoms with Crippen LogP contribution in [0.25, 0.3) is 0 Å². The van der Waals surface area contributed by atoms with Crippen LogP contribution in [0.1, 0.15) is 245 Å². The van der Waals surface area contributed by atoms with Gasteiger partial charge >= 0.3 is 11.9 Å². The van der Waals surface area contributed by atoms with Crippen molar-refractivity contribution in [2.75, 3.05) is 13.2 Å². The minimum atomic E-state index is -0.805. The molecule has 1 atom stereocenters. The summed E-state index contributed by atoms with van der Waals surface area (Å²) < 4.78 is 10.6. The van der Waals surface area contributed by atoms with E-state index in [1.807, 2.05) is 0 Å². The number of ether oxygens (including phenoxy) is 2. The van der Waals surface area contributed by atoms with Crippen LogP contribution in [-0.2, 0) is 19.1 Å². The zero-order valence-electron chi connectivity index (χ0n) is 40.6. The molecule has 0 aliphatic carbocycles. The lowest BCUT2D eigenvalue weighted by Gasteiger charge is -2.15. The first-order valence-corrected chi connectivity index (χ1v) is 26.1. The maximum Gasteiger partial charge on any atom is 0.306 e. The van der Waals surface area contributed by atoms with Crippen molar-refractivity contribution >= 4 is 11.9 Å². The summed E-state index contributed by atoms with van der Waals surface area (Å²) in [5, 5.41) is 9.61. The first-order chi connectivity index (χ1) is 30.6. The van der Waals surface area contributed by atoms with E-state index in [4.69, 9.17) is 9.47 Å². The molecule has 0 saturated heterocycles. The Labute approximate surface area is 384 Å². The van der Waals surface area contributed by atoms with Gasteiger partial charge in [0.25, 0.3) is 0 Å². The van der Waals surface area contributed by atoms with Gasteiger partial charge in [-0.3, -0.25) is 9.59 Å². The van der Waals surface area contributed by atoms with Gasteiger partial charge in [-0.15, -0.1) is 0 Å². The topological polar surface area (TPSA) is 72.8 Å². The number of carbonyl (C=O) groups is 2. The van der Waals surface area contributed by atoms with Crippen molar-refractivity contribution in [3.05, 3.63) is 85.1 Å². The van der Waals surface area contributed by atoms with Crippen LogP contribution in [0.4, 0.5) is 0 Å². The van der Waals surface area contributed by atoms with Crippen LogP contribution in [0.2, 0.25) is 0 Å². The summed E-state index contributed by atoms with van der Waals surface area (Å²) in [7, 11) is 0. The first kappa shape index (κ1) is 59.1. The highest BCUT2D eigenvalue weighted by Crippen LogP contribution is 2.16. The number of aliphatic hydroxyl groups excluding tert-OH is 1. The number of hydrogen-bond acceptors (Lipinski definition) is 5. The molecule has 0 aromatic carbocycles. The van der Waals surface area contributed by atoms with Crippen LogP contribution in [0.15, 0.2) is 85.1 Å². The molecule has 356 valence electrons. The first-order valence-electron chi connectivity index (χ1n) is 26.1. The molecule has 0 radical (unpaired) electrons. The average molecular weight is 863 g/mol. The Kier molecular flexibility index (Phi) is 50.0. The Hall–Kier alpha value is -2.92. The van der Waals surface area contributed by atoms with Gasteiger partial charge in [0.1, 0.15) is 6.61 Å². The lowest BCUT2D eigenvalue weighted by molar-refractivity contribution is -0.161. The summed E-state index contributed by atoms with van der Waals surface area (Å²) in [6, 6.07) is 0. The summed E-state index contributed by atoms with van der Waals surface area (Å²) in [4.78, 5) is 24.4. The molecule has 0 spiro atoms. The van der Waals surface area contributed by atoms with Crippen molar-refractivity contribution in [2.45, 2.75) is 251 Å². The Bertz CT molecular complexity index is 1160. The van der Waals surface area contributed by atoms with Crippen molar-refractivity contribution in [3.63, 3.8) is 0 Å². The second-order valence-corrected chi connectivity index (χ2v) is 17.2. The van der Waals surface area contributed by atoms with Gasteiger partial charge in [0.15, 0.2) is 6.10 Å². The Morgan fingerprint density at radius 2 is 0.710 bits per heavy atom. The molecule has 5 nitrogen and oxygen atoms in total. The van der Waals surface area contributed by atoms with E-state index in [9.17, 15) is 14.7 Å². The molecule has 5 heteroatoms. The van der Waals surface area contributed by atoms with Crippen LogP contribution < -0.4 is 0 Å². The van der Waals surface area contributed by atoms with Gasteiger partial charge in [-0.1, -0.05) is 234 Å². The molecular formula is C57H98O5. The zero-order valence-corrected chi connectivity index (χ0v) is 40.6. The normalized spacial score (nSPS) is 12.9. The zero-order chi connectivity index (χ0) is 44.9. The molecule has 1 unspecified atom stereocenters. The van der Waals surface area contributed by atoms with Crippen LogP contribution in [0.5, 0.6) is 0 Å². The number of unbranched alkanes of at least 4 members (excludes halogenated alkanes) is 25. The number of esters is 2. The smallest absolute Gasteiger partial charge is 0.306 e. The maximum absolute atomic E-state index is 12.2. The highest BCUT2D eigenvalue weighted by Gasteiger charge is 2.16. The van der Waals surface area contributed by atoms with E-state index in [1.165, 1.54) is 148 Å². The van der Waals surface area contributed by atoms with Gasteiger partial charge < -0.3 is 14.6 Å². The van der Waals surface area contributed by atoms with Gasteiger partial charge in [0.2, 0.25) is 0 Å². The lowest BCUT2D eigenvalue weighted by Crippen LogP contribution is -2.28. The van der Waals surface area contributed by atoms with E-state index in [0.29, 0.717) is 12.8 Å². The molecule has 62 heavy (non-hydrogen) atoms. The van der Waals surface area contributed by atoms with Crippen LogP contribution in [-0.4, -0.2) is 36.4 Å². The third kappa shape index (κ3) is 49.7. The molecule has 0 aliphatic heterocycles. The number of hydrogen-bond donors (Lipinski definition) is 1. The van der Waals surface area contributed by atoms with Gasteiger partial charge in [-0.25, -0.2) is 0 Å². The van der Waals surface area contributed by atoms with E-state index in [1.54, 1.807) is 0 Å². The Morgan fingerprint density at radius 1 is 0.387 bits per heavy atom. The predicted octanol–water partition coefficient (Wildman–Crippen LogP) is 17.4. The summed E-state index contributed by atoms with van der Waals surface area (Å²) in [5.74, 6) is -0.656. The van der Waals surface area contributed by atoms with Crippen molar-refractivity contribution in [2.24, 2.45) is 0 Å². The second kappa shape index (κ2) is 52.4. The molecule has 0 rings (SSSR count). The third-order valence-electron chi connectivity index (χ3n) is 11.2. The summed E-state index contributed by atoms with van der Waals surface area (Å²) >= 11 is 0. The van der Waals surface area contributed by atoms with Crippen LogP contribution in [0, 0.1) is 0 Å². The molecule has 0 aliphatic rings. The lowest BCUT2D eigenvalue weighted by atomic mass is 10.0. The minimum Gasteiger partial charge on any atom is -0.462 e. The monoisotopic (exact) mass is 863 g/mol. The third-order valence-corrected chi connectivity index (χ3v) is 11.2. The van der Waals surface area contributed by atoms with Crippen LogP contribution in [0.3, 0.4) is 0 Å². The van der Waals surface area contributed by atoms with E-state index in [-0.39, 0.29) is 31.6 Å². The van der Waals surface area contributed by atoms with Crippen LogP contribution >= 0.6 is 0 Å². The van der Waals surface area contributed by atoms with Crippen molar-refractivity contribution in [1.29, 1.82) is 0 Å². The van der Waals surface area contributed by atoms with Gasteiger partial charge in [0, 0.05) is 12.8 Å². The molecule has 0 fully saturated rings. The molecule has 1 N–H and O–H groups in total. The Balaban J connectivity index is 3.51. The second-order valence-electron chi connectivity index (χ2n) is 17.2. The van der Waals surface area contributed by atoms with Gasteiger partial charge in [-0.05, 0) is 83.5 Å². The fraction of sp³-hybridized carbons (Fsp3) is 0.719. The number of allylic oxidation sites excluding steroid dienone is 14. The van der Waals surface area contributed by atoms with Crippen molar-refractivity contribution in [3.8, 4) is 0 Å². The summed E-state index contributed by atoms with van der Waals surface area (Å²) in [6.45, 7) is 3.98. The van der Waals surface area contributed by atoms with Gasteiger partial charge in [0.05, 0.1) is 6.61 Å². The SMILES string of the molecule is CC/C=C\C/C=C\C/C=C\C/C=C\C/C=C\CCCC(=O)OC(CO)COC(=O)CCCCCCCCCCCCCCCCCCCCC/C=C\C/C=C\CCCCCCC. The number of carbonyl (C=O) groups excluding carboxylic acids is 2. The fourth-order valence-electron chi connectivity index (χ4n) is 7.27. The van der Waals surface area contributed by atoms with Crippen molar-refractivity contribution < 1.29 is 24.2 Å². The summed E-state index contributed by atoms with van der Waals surface area (Å²) in [5.41, 5.74) is 0. The molecule has 0 saturated carbocycles. The van der Waals surface area contributed by atoms with E-state index < -0.39 is 6.10 Å². The molecule has 0 bridgehead atoms. The largest absolute Gasteiger partial charge is 0.462 e. The average Bonchev–Trinajstić information content (AvgIpc) is 3.28. The number of rotatable bonds is 47. The standard InChI is InChI=1S/C57H98O5/c1-3-5-7-9-11-13-15-17-19-21-22-23-24-25-26-27-28-29-30-31-32-33-34-36-37-39-41-43-45-47-49-51-56(59)61-54-55(53-58)62-57(60)52-50-48-46-44-42-40-38-35-20-18-16-14-12-10-8-6-4-2/h6,8,12,14-15,17-18,20-22,38,40,44,46,55,58H,3-5,7,9-11,13,16,19,23-37,39,41-43,45,47-54H2,1-2H3/b8-6-,14-12-,17-15-,20-18-,22-21-,40-38-,46-44-. The quantitative estimate of drug-likeness (QED) is 0.0375. The minimum absolute atomic E-state index is 0.0906. The molecular weight excluding hydrogens is 765 g/mol. The van der Waals surface area contributed by atoms with E-state index >= 15 is 0 Å². The molecule has 0 aromatic rings. The van der Waals surface area contributed by atoms with E-state index in [0.717, 1.165) is 64.2 Å². The molecule has 0 heterocycles. The molecule has 0 aromatic heterocycles. The number of aliphatic hydroxyl groups is 1. The van der Waals surface area contributed by atoms with E-state index in [2.05, 4.69) is 98.9 Å². The Morgan fingerprint density at radius 3 is 1.10 bits per heavy atom. The fourth-order valence-corrected chi connectivity index (χ4v) is 7.27.